The molecule has 4 nitrogen and oxygen atoms in total. The second-order valence-electron chi connectivity index (χ2n) is 3.40. The summed E-state index contributed by atoms with van der Waals surface area (Å²) in [6.07, 6.45) is 5.62. The molecule has 5 heteroatoms. The molecule has 1 aliphatic carbocycles. The van der Waals surface area contributed by atoms with E-state index in [1.54, 1.807) is 13.3 Å². The van der Waals surface area contributed by atoms with E-state index in [2.05, 4.69) is 15.3 Å². The Labute approximate surface area is 87.7 Å². The van der Waals surface area contributed by atoms with E-state index in [1.807, 2.05) is 0 Å². The second-order valence-corrected chi connectivity index (χ2v) is 3.78. The first-order valence-corrected chi connectivity index (χ1v) is 4.92. The van der Waals surface area contributed by atoms with E-state index in [-0.39, 0.29) is 0 Å². The minimum absolute atomic E-state index is 0.389. The summed E-state index contributed by atoms with van der Waals surface area (Å²) in [5.41, 5.74) is 0. The topological polar surface area (TPSA) is 47.0 Å². The number of ether oxygens (including phenoxy) is 1. The van der Waals surface area contributed by atoms with Crippen LogP contribution in [0.5, 0.6) is 0 Å². The third kappa shape index (κ3) is 2.13. The van der Waals surface area contributed by atoms with Gasteiger partial charge in [0.2, 0.25) is 0 Å². The maximum Gasteiger partial charge on any atom is 0.149 e. The van der Waals surface area contributed by atoms with Crippen LogP contribution in [-0.4, -0.2) is 29.2 Å². The molecular formula is C9H12ClN3O. The summed E-state index contributed by atoms with van der Waals surface area (Å²) in [5, 5.41) is 3.66. The monoisotopic (exact) mass is 213 g/mol. The molecule has 0 radical (unpaired) electrons. The number of nitrogens with zero attached hydrogens (tertiary/aromatic N) is 2. The predicted octanol–water partition coefficient (Wildman–Crippen LogP) is 1.72. The lowest BCUT2D eigenvalue weighted by atomic mass is 9.89. The van der Waals surface area contributed by atoms with E-state index in [4.69, 9.17) is 16.3 Å². The third-order valence-electron chi connectivity index (χ3n) is 2.39. The van der Waals surface area contributed by atoms with Crippen molar-refractivity contribution in [2.45, 2.75) is 25.0 Å². The molecule has 0 aromatic carbocycles. The molecule has 0 atom stereocenters. The minimum Gasteiger partial charge on any atom is -0.381 e. The molecular weight excluding hydrogens is 202 g/mol. The SMILES string of the molecule is COC1CC(Nc2cncc(Cl)n2)C1. The van der Waals surface area contributed by atoms with Gasteiger partial charge in [-0.3, -0.25) is 4.98 Å². The Morgan fingerprint density at radius 3 is 2.93 bits per heavy atom. The summed E-state index contributed by atoms with van der Waals surface area (Å²) in [6.45, 7) is 0. The second kappa shape index (κ2) is 4.11. The molecule has 1 aromatic rings. The van der Waals surface area contributed by atoms with Crippen molar-refractivity contribution >= 4 is 17.4 Å². The van der Waals surface area contributed by atoms with Crippen LogP contribution in [-0.2, 0) is 4.74 Å². The molecule has 1 N–H and O–H groups in total. The lowest BCUT2D eigenvalue weighted by Crippen LogP contribution is -2.40. The summed E-state index contributed by atoms with van der Waals surface area (Å²) in [4.78, 5) is 8.04. The Bertz CT molecular complexity index is 315. The number of methoxy groups -OCH3 is 1. The van der Waals surface area contributed by atoms with Crippen molar-refractivity contribution in [1.29, 1.82) is 0 Å². The van der Waals surface area contributed by atoms with E-state index in [1.165, 1.54) is 6.20 Å². The van der Waals surface area contributed by atoms with Crippen LogP contribution in [0.4, 0.5) is 5.82 Å². The number of hydrogen-bond acceptors (Lipinski definition) is 4. The van der Waals surface area contributed by atoms with Crippen molar-refractivity contribution in [3.05, 3.63) is 17.5 Å². The zero-order valence-electron chi connectivity index (χ0n) is 7.90. The molecule has 14 heavy (non-hydrogen) atoms. The van der Waals surface area contributed by atoms with Crippen molar-refractivity contribution in [2.75, 3.05) is 12.4 Å². The van der Waals surface area contributed by atoms with Crippen LogP contribution in [0.25, 0.3) is 0 Å². The Balaban J connectivity index is 1.87. The van der Waals surface area contributed by atoms with Gasteiger partial charge >= 0.3 is 0 Å². The van der Waals surface area contributed by atoms with E-state index >= 15 is 0 Å². The summed E-state index contributed by atoms with van der Waals surface area (Å²) in [6, 6.07) is 0.438. The van der Waals surface area contributed by atoms with E-state index in [0.717, 1.165) is 18.7 Å². The standard InChI is InChI=1S/C9H12ClN3O/c1-14-7-2-6(3-7)12-9-5-11-4-8(10)13-9/h4-7H,2-3H2,1H3,(H,12,13). The summed E-state index contributed by atoms with van der Waals surface area (Å²) in [5.74, 6) is 0.733. The molecule has 0 aliphatic heterocycles. The smallest absolute Gasteiger partial charge is 0.149 e. The van der Waals surface area contributed by atoms with Gasteiger partial charge in [0.15, 0.2) is 0 Å². The highest BCUT2D eigenvalue weighted by Crippen LogP contribution is 2.25. The molecule has 0 unspecified atom stereocenters. The first-order valence-electron chi connectivity index (χ1n) is 4.55. The molecule has 2 rings (SSSR count). The highest BCUT2D eigenvalue weighted by Gasteiger charge is 2.28. The van der Waals surface area contributed by atoms with Crippen LogP contribution >= 0.6 is 11.6 Å². The Morgan fingerprint density at radius 2 is 2.29 bits per heavy atom. The van der Waals surface area contributed by atoms with Gasteiger partial charge in [0.25, 0.3) is 0 Å². The van der Waals surface area contributed by atoms with Gasteiger partial charge in [-0.05, 0) is 12.8 Å². The first-order chi connectivity index (χ1) is 6.78. The van der Waals surface area contributed by atoms with Crippen molar-refractivity contribution in [2.24, 2.45) is 0 Å². The lowest BCUT2D eigenvalue weighted by Gasteiger charge is -2.34. The van der Waals surface area contributed by atoms with Crippen LogP contribution in [0.3, 0.4) is 0 Å². The van der Waals surface area contributed by atoms with Crippen LogP contribution in [0.15, 0.2) is 12.4 Å². The molecule has 1 heterocycles. The van der Waals surface area contributed by atoms with Gasteiger partial charge in [-0.1, -0.05) is 11.6 Å². The molecule has 1 aromatic heterocycles. The molecule has 1 saturated carbocycles. The van der Waals surface area contributed by atoms with Crippen LogP contribution in [0, 0.1) is 0 Å². The van der Waals surface area contributed by atoms with Crippen molar-refractivity contribution in [3.8, 4) is 0 Å². The zero-order valence-corrected chi connectivity index (χ0v) is 8.66. The maximum absolute atomic E-state index is 5.71. The average molecular weight is 214 g/mol. The highest BCUT2D eigenvalue weighted by atomic mass is 35.5. The van der Waals surface area contributed by atoms with Gasteiger partial charge in [0.1, 0.15) is 11.0 Å². The molecule has 0 saturated heterocycles. The Hall–Kier alpha value is -0.870. The number of hydrogen-bond donors (Lipinski definition) is 1. The van der Waals surface area contributed by atoms with Gasteiger partial charge in [-0.25, -0.2) is 4.98 Å². The molecule has 1 fully saturated rings. The first kappa shape index (κ1) is 9.68. The molecule has 0 amide bonds. The average Bonchev–Trinajstić information content (AvgIpc) is 2.10. The Morgan fingerprint density at radius 1 is 1.50 bits per heavy atom. The molecule has 0 bridgehead atoms. The maximum atomic E-state index is 5.71. The van der Waals surface area contributed by atoms with Gasteiger partial charge in [-0.2, -0.15) is 0 Å². The van der Waals surface area contributed by atoms with Crippen molar-refractivity contribution in [3.63, 3.8) is 0 Å². The molecule has 0 spiro atoms. The van der Waals surface area contributed by atoms with Crippen LogP contribution < -0.4 is 5.32 Å². The summed E-state index contributed by atoms with van der Waals surface area (Å²) in [7, 11) is 1.74. The van der Waals surface area contributed by atoms with E-state index in [0.29, 0.717) is 17.3 Å². The zero-order chi connectivity index (χ0) is 9.97. The van der Waals surface area contributed by atoms with Crippen LogP contribution in [0.1, 0.15) is 12.8 Å². The number of nitrogens with one attached hydrogen (secondary N) is 1. The number of aromatic nitrogens is 2. The third-order valence-corrected chi connectivity index (χ3v) is 2.57. The summed E-state index contributed by atoms with van der Waals surface area (Å²) < 4.78 is 5.18. The summed E-state index contributed by atoms with van der Waals surface area (Å²) >= 11 is 5.71. The number of rotatable bonds is 3. The van der Waals surface area contributed by atoms with Crippen molar-refractivity contribution in [1.82, 2.24) is 9.97 Å². The largest absolute Gasteiger partial charge is 0.381 e. The normalized spacial score (nSPS) is 25.6. The van der Waals surface area contributed by atoms with E-state index < -0.39 is 0 Å². The fourth-order valence-electron chi connectivity index (χ4n) is 1.50. The Kier molecular flexibility index (Phi) is 2.84. The minimum atomic E-state index is 0.389. The van der Waals surface area contributed by atoms with Gasteiger partial charge in [-0.15, -0.1) is 0 Å². The van der Waals surface area contributed by atoms with Gasteiger partial charge < -0.3 is 10.1 Å². The van der Waals surface area contributed by atoms with E-state index in [9.17, 15) is 0 Å². The fourth-order valence-corrected chi connectivity index (χ4v) is 1.64. The van der Waals surface area contributed by atoms with Crippen molar-refractivity contribution < 1.29 is 4.74 Å². The van der Waals surface area contributed by atoms with Gasteiger partial charge in [0.05, 0.1) is 18.5 Å². The quantitative estimate of drug-likeness (QED) is 0.831. The predicted molar refractivity (Wildman–Crippen MR) is 54.5 cm³/mol. The van der Waals surface area contributed by atoms with Crippen LogP contribution in [0.2, 0.25) is 5.15 Å². The highest BCUT2D eigenvalue weighted by molar-refractivity contribution is 6.29. The number of anilines is 1. The molecule has 1 aliphatic rings. The van der Waals surface area contributed by atoms with Gasteiger partial charge in [0, 0.05) is 13.2 Å². The number of halogens is 1. The molecule has 76 valence electrons. The lowest BCUT2D eigenvalue weighted by molar-refractivity contribution is 0.0328. The fraction of sp³-hybridized carbons (Fsp3) is 0.556.